The summed E-state index contributed by atoms with van der Waals surface area (Å²) >= 11 is 0. The number of aromatic nitrogens is 1. The molecule has 2 rings (SSSR count). The predicted molar refractivity (Wildman–Crippen MR) is 69.9 cm³/mol. The van der Waals surface area contributed by atoms with Gasteiger partial charge in [0.05, 0.1) is 11.4 Å². The van der Waals surface area contributed by atoms with Crippen LogP contribution in [0.4, 0.5) is 10.5 Å². The second-order valence-corrected chi connectivity index (χ2v) is 4.77. The molecule has 1 aromatic rings. The summed E-state index contributed by atoms with van der Waals surface area (Å²) in [6, 6.07) is 3.37. The van der Waals surface area contributed by atoms with Crippen LogP contribution in [0.5, 0.6) is 0 Å². The van der Waals surface area contributed by atoms with Gasteiger partial charge in [0, 0.05) is 25.7 Å². The molecule has 1 atom stereocenters. The Hall–Kier alpha value is -2.11. The maximum absolute atomic E-state index is 12.0. The number of rotatable bonds is 3. The summed E-state index contributed by atoms with van der Waals surface area (Å²) in [6.07, 6.45) is 2.53. The molecular weight excluding hydrogens is 246 g/mol. The number of likely N-dealkylation sites (tertiary alicyclic amines) is 1. The maximum Gasteiger partial charge on any atom is 0.321 e. The Kier molecular flexibility index (Phi) is 3.99. The van der Waals surface area contributed by atoms with E-state index in [4.69, 9.17) is 5.11 Å². The number of hydrogen-bond donors (Lipinski definition) is 2. The molecule has 2 amide bonds. The third-order valence-electron chi connectivity index (χ3n) is 3.28. The summed E-state index contributed by atoms with van der Waals surface area (Å²) in [4.78, 5) is 28.4. The van der Waals surface area contributed by atoms with Gasteiger partial charge in [0.1, 0.15) is 0 Å². The third-order valence-corrected chi connectivity index (χ3v) is 3.28. The molecule has 1 saturated heterocycles. The number of nitrogens with zero attached hydrogens (tertiary/aromatic N) is 2. The lowest BCUT2D eigenvalue weighted by atomic mass is 10.1. The Bertz CT molecular complexity index is 490. The molecule has 102 valence electrons. The van der Waals surface area contributed by atoms with Crippen molar-refractivity contribution < 1.29 is 14.7 Å². The number of nitrogens with one attached hydrogen (secondary N) is 1. The van der Waals surface area contributed by atoms with Crippen LogP contribution in [0, 0.1) is 12.8 Å². The first-order valence-corrected chi connectivity index (χ1v) is 6.25. The summed E-state index contributed by atoms with van der Waals surface area (Å²) in [5.41, 5.74) is 1.45. The zero-order valence-corrected chi connectivity index (χ0v) is 10.8. The molecule has 19 heavy (non-hydrogen) atoms. The number of anilines is 1. The van der Waals surface area contributed by atoms with Gasteiger partial charge in [-0.15, -0.1) is 0 Å². The Balaban J connectivity index is 1.91. The molecular formula is C13H17N3O3. The van der Waals surface area contributed by atoms with E-state index in [1.165, 1.54) is 0 Å². The monoisotopic (exact) mass is 263 g/mol. The number of carboxylic acid groups (broad SMARTS) is 1. The molecule has 0 spiro atoms. The van der Waals surface area contributed by atoms with Gasteiger partial charge < -0.3 is 15.3 Å². The highest BCUT2D eigenvalue weighted by Crippen LogP contribution is 2.21. The van der Waals surface area contributed by atoms with Crippen LogP contribution in [0.2, 0.25) is 0 Å². The second-order valence-electron chi connectivity index (χ2n) is 4.77. The lowest BCUT2D eigenvalue weighted by Gasteiger charge is -2.17. The van der Waals surface area contributed by atoms with Crippen molar-refractivity contribution in [3.63, 3.8) is 0 Å². The lowest BCUT2D eigenvalue weighted by molar-refractivity contribution is -0.138. The van der Waals surface area contributed by atoms with Crippen LogP contribution in [0.3, 0.4) is 0 Å². The molecule has 0 bridgehead atoms. The van der Waals surface area contributed by atoms with E-state index in [1.807, 2.05) is 6.92 Å². The molecule has 6 nitrogen and oxygen atoms in total. The summed E-state index contributed by atoms with van der Waals surface area (Å²) in [5, 5.41) is 11.5. The van der Waals surface area contributed by atoms with Crippen molar-refractivity contribution >= 4 is 17.7 Å². The highest BCUT2D eigenvalue weighted by Gasteiger charge is 2.27. The van der Waals surface area contributed by atoms with Gasteiger partial charge in [-0.2, -0.15) is 0 Å². The fourth-order valence-corrected chi connectivity index (χ4v) is 2.24. The van der Waals surface area contributed by atoms with Crippen molar-refractivity contribution in [2.45, 2.75) is 19.8 Å². The van der Waals surface area contributed by atoms with Gasteiger partial charge in [-0.3, -0.25) is 9.78 Å². The normalized spacial score (nSPS) is 18.4. The molecule has 0 aliphatic carbocycles. The number of aryl methyl sites for hydroxylation is 1. The van der Waals surface area contributed by atoms with E-state index in [1.54, 1.807) is 23.2 Å². The second kappa shape index (κ2) is 5.69. The van der Waals surface area contributed by atoms with E-state index in [2.05, 4.69) is 10.3 Å². The van der Waals surface area contributed by atoms with Crippen molar-refractivity contribution in [2.24, 2.45) is 5.92 Å². The average Bonchev–Trinajstić information content (AvgIpc) is 2.79. The van der Waals surface area contributed by atoms with E-state index < -0.39 is 5.97 Å². The van der Waals surface area contributed by atoms with Crippen LogP contribution in [0.1, 0.15) is 18.5 Å². The van der Waals surface area contributed by atoms with Crippen molar-refractivity contribution in [3.8, 4) is 0 Å². The first-order chi connectivity index (χ1) is 9.06. The topological polar surface area (TPSA) is 82.5 Å². The fourth-order valence-electron chi connectivity index (χ4n) is 2.24. The number of carbonyl (C=O) groups is 2. The van der Waals surface area contributed by atoms with Crippen LogP contribution in [0.15, 0.2) is 18.3 Å². The molecule has 2 N–H and O–H groups in total. The number of amides is 2. The molecule has 0 saturated carbocycles. The first-order valence-electron chi connectivity index (χ1n) is 6.25. The molecule has 0 radical (unpaired) electrons. The molecule has 1 aliphatic heterocycles. The number of hydrogen-bond acceptors (Lipinski definition) is 3. The van der Waals surface area contributed by atoms with Crippen LogP contribution in [0.25, 0.3) is 0 Å². The number of carbonyl (C=O) groups excluding carboxylic acids is 1. The standard InChI is InChI=1S/C13H17N3O3/c1-9-11(3-2-5-14-9)15-13(19)16-6-4-10(8-16)7-12(17)18/h2-3,5,10H,4,6-8H2,1H3,(H,15,19)(H,17,18). The Morgan fingerprint density at radius 2 is 2.37 bits per heavy atom. The summed E-state index contributed by atoms with van der Waals surface area (Å²) < 4.78 is 0. The Morgan fingerprint density at radius 1 is 1.58 bits per heavy atom. The lowest BCUT2D eigenvalue weighted by Crippen LogP contribution is -2.33. The molecule has 1 unspecified atom stereocenters. The highest BCUT2D eigenvalue weighted by molar-refractivity contribution is 5.90. The number of carboxylic acids is 1. The Morgan fingerprint density at radius 3 is 3.05 bits per heavy atom. The highest BCUT2D eigenvalue weighted by atomic mass is 16.4. The fraction of sp³-hybridized carbons (Fsp3) is 0.462. The quantitative estimate of drug-likeness (QED) is 0.869. The van der Waals surface area contributed by atoms with Crippen molar-refractivity contribution in [1.82, 2.24) is 9.88 Å². The zero-order chi connectivity index (χ0) is 13.8. The minimum absolute atomic E-state index is 0.0539. The van der Waals surface area contributed by atoms with Gasteiger partial charge in [0.2, 0.25) is 0 Å². The van der Waals surface area contributed by atoms with Gasteiger partial charge in [0.15, 0.2) is 0 Å². The van der Waals surface area contributed by atoms with Gasteiger partial charge in [-0.05, 0) is 31.4 Å². The minimum atomic E-state index is -0.810. The van der Waals surface area contributed by atoms with Gasteiger partial charge in [-0.25, -0.2) is 4.79 Å². The van der Waals surface area contributed by atoms with Crippen LogP contribution in [-0.4, -0.2) is 40.1 Å². The van der Waals surface area contributed by atoms with Gasteiger partial charge >= 0.3 is 12.0 Å². The Labute approximate surface area is 111 Å². The molecule has 2 heterocycles. The SMILES string of the molecule is Cc1ncccc1NC(=O)N1CCC(CC(=O)O)C1. The summed E-state index contributed by atoms with van der Waals surface area (Å²) in [5.74, 6) is -0.756. The summed E-state index contributed by atoms with van der Waals surface area (Å²) in [7, 11) is 0. The average molecular weight is 263 g/mol. The number of aliphatic carboxylic acids is 1. The molecule has 6 heteroatoms. The first kappa shape index (κ1) is 13.3. The predicted octanol–water partition coefficient (Wildman–Crippen LogP) is 1.72. The van der Waals surface area contributed by atoms with Gasteiger partial charge in [-0.1, -0.05) is 0 Å². The van der Waals surface area contributed by atoms with Crippen molar-refractivity contribution in [2.75, 3.05) is 18.4 Å². The van der Waals surface area contributed by atoms with Crippen molar-refractivity contribution in [1.29, 1.82) is 0 Å². The number of urea groups is 1. The van der Waals surface area contributed by atoms with E-state index in [0.717, 1.165) is 12.1 Å². The third kappa shape index (κ3) is 3.43. The van der Waals surface area contributed by atoms with E-state index in [9.17, 15) is 9.59 Å². The summed E-state index contributed by atoms with van der Waals surface area (Å²) in [6.45, 7) is 2.92. The minimum Gasteiger partial charge on any atom is -0.481 e. The molecule has 0 aromatic carbocycles. The smallest absolute Gasteiger partial charge is 0.321 e. The molecule has 1 fully saturated rings. The van der Waals surface area contributed by atoms with Crippen LogP contribution < -0.4 is 5.32 Å². The van der Waals surface area contributed by atoms with Crippen LogP contribution >= 0.6 is 0 Å². The molecule has 1 aliphatic rings. The largest absolute Gasteiger partial charge is 0.481 e. The molecule has 1 aromatic heterocycles. The van der Waals surface area contributed by atoms with E-state index in [0.29, 0.717) is 18.8 Å². The van der Waals surface area contributed by atoms with E-state index >= 15 is 0 Å². The van der Waals surface area contributed by atoms with E-state index in [-0.39, 0.29) is 18.4 Å². The van der Waals surface area contributed by atoms with Crippen LogP contribution in [-0.2, 0) is 4.79 Å². The zero-order valence-electron chi connectivity index (χ0n) is 10.8. The van der Waals surface area contributed by atoms with Crippen molar-refractivity contribution in [3.05, 3.63) is 24.0 Å². The van der Waals surface area contributed by atoms with Gasteiger partial charge in [0.25, 0.3) is 0 Å². The number of pyridine rings is 1. The maximum atomic E-state index is 12.0.